The van der Waals surface area contributed by atoms with Crippen LogP contribution in [0.3, 0.4) is 0 Å². The van der Waals surface area contributed by atoms with Gasteiger partial charge in [-0.1, -0.05) is 12.1 Å². The van der Waals surface area contributed by atoms with Gasteiger partial charge in [0.15, 0.2) is 0 Å². The first-order valence-corrected chi connectivity index (χ1v) is 7.66. The quantitative estimate of drug-likeness (QED) is 0.835. The molecular weight excluding hydrogens is 266 g/mol. The largest absolute Gasteiger partial charge is 0.397 e. The number of hydrogen-bond donors (Lipinski definition) is 1. The van der Waals surface area contributed by atoms with Crippen LogP contribution < -0.4 is 10.6 Å². The molecule has 0 spiro atoms. The Morgan fingerprint density at radius 1 is 1.24 bits per heavy atom. The Labute approximate surface area is 125 Å². The fourth-order valence-electron chi connectivity index (χ4n) is 3.23. The first kappa shape index (κ1) is 14.2. The van der Waals surface area contributed by atoms with Crippen LogP contribution in [0.25, 0.3) is 0 Å². The van der Waals surface area contributed by atoms with Crippen LogP contribution in [0.4, 0.5) is 11.4 Å². The third kappa shape index (κ3) is 2.83. The van der Waals surface area contributed by atoms with Gasteiger partial charge < -0.3 is 20.3 Å². The number of carbonyl (C=O) groups excluding carboxylic acids is 1. The number of nitrogen functional groups attached to an aromatic ring is 1. The minimum Gasteiger partial charge on any atom is -0.397 e. The maximum Gasteiger partial charge on any atom is 0.228 e. The van der Waals surface area contributed by atoms with Gasteiger partial charge in [0.05, 0.1) is 23.4 Å². The standard InChI is InChI=1S/C16H23N3O2/c1-12-13(6-11-21-12)16(20)19-9-7-18(8-10-19)15-5-3-2-4-14(15)17/h2-5,12-13H,6-11,17H2,1H3. The Bertz CT molecular complexity index is 512. The van der Waals surface area contributed by atoms with Gasteiger partial charge in [0, 0.05) is 32.8 Å². The maximum absolute atomic E-state index is 12.5. The lowest BCUT2D eigenvalue weighted by Gasteiger charge is -2.37. The zero-order valence-electron chi connectivity index (χ0n) is 12.5. The highest BCUT2D eigenvalue weighted by molar-refractivity contribution is 5.80. The zero-order valence-corrected chi connectivity index (χ0v) is 12.5. The van der Waals surface area contributed by atoms with E-state index in [4.69, 9.17) is 10.5 Å². The molecule has 2 aliphatic heterocycles. The van der Waals surface area contributed by atoms with Crippen molar-refractivity contribution in [2.24, 2.45) is 5.92 Å². The summed E-state index contributed by atoms with van der Waals surface area (Å²) >= 11 is 0. The lowest BCUT2D eigenvalue weighted by molar-refractivity contribution is -0.137. The van der Waals surface area contributed by atoms with E-state index in [0.29, 0.717) is 6.61 Å². The normalized spacial score (nSPS) is 26.1. The molecule has 0 aromatic heterocycles. The van der Waals surface area contributed by atoms with E-state index in [1.165, 1.54) is 0 Å². The van der Waals surface area contributed by atoms with E-state index in [2.05, 4.69) is 4.90 Å². The predicted octanol–water partition coefficient (Wildman–Crippen LogP) is 1.34. The fraction of sp³-hybridized carbons (Fsp3) is 0.562. The van der Waals surface area contributed by atoms with E-state index >= 15 is 0 Å². The number of anilines is 2. The molecular formula is C16H23N3O2. The summed E-state index contributed by atoms with van der Waals surface area (Å²) in [4.78, 5) is 16.8. The predicted molar refractivity (Wildman–Crippen MR) is 83.2 cm³/mol. The highest BCUT2D eigenvalue weighted by Gasteiger charge is 2.35. The van der Waals surface area contributed by atoms with Crippen molar-refractivity contribution in [1.82, 2.24) is 4.90 Å². The Balaban J connectivity index is 1.60. The van der Waals surface area contributed by atoms with Gasteiger partial charge in [0.25, 0.3) is 0 Å². The zero-order chi connectivity index (χ0) is 14.8. The van der Waals surface area contributed by atoms with Gasteiger partial charge in [-0.3, -0.25) is 4.79 Å². The fourth-order valence-corrected chi connectivity index (χ4v) is 3.23. The molecule has 1 aromatic rings. The molecule has 5 heteroatoms. The van der Waals surface area contributed by atoms with E-state index in [1.54, 1.807) is 0 Å². The SMILES string of the molecule is CC1OCCC1C(=O)N1CCN(c2ccccc2N)CC1. The molecule has 2 atom stereocenters. The molecule has 3 rings (SSSR count). The van der Waals surface area contributed by atoms with Crippen molar-refractivity contribution in [3.05, 3.63) is 24.3 Å². The smallest absolute Gasteiger partial charge is 0.228 e. The minimum atomic E-state index is 0.0401. The Kier molecular flexibility index (Phi) is 4.01. The van der Waals surface area contributed by atoms with Crippen LogP contribution in [0, 0.1) is 5.92 Å². The maximum atomic E-state index is 12.5. The second-order valence-electron chi connectivity index (χ2n) is 5.84. The van der Waals surface area contributed by atoms with Gasteiger partial charge in [-0.25, -0.2) is 0 Å². The lowest BCUT2D eigenvalue weighted by atomic mass is 10.0. The van der Waals surface area contributed by atoms with Crippen molar-refractivity contribution in [3.8, 4) is 0 Å². The molecule has 0 saturated carbocycles. The molecule has 2 fully saturated rings. The summed E-state index contributed by atoms with van der Waals surface area (Å²) in [6.45, 7) is 5.89. The molecule has 0 bridgehead atoms. The van der Waals surface area contributed by atoms with Gasteiger partial charge >= 0.3 is 0 Å². The van der Waals surface area contributed by atoms with Gasteiger partial charge in [-0.15, -0.1) is 0 Å². The molecule has 2 heterocycles. The number of nitrogens with two attached hydrogens (primary N) is 1. The highest BCUT2D eigenvalue weighted by Crippen LogP contribution is 2.26. The number of hydrogen-bond acceptors (Lipinski definition) is 4. The Morgan fingerprint density at radius 2 is 1.95 bits per heavy atom. The number of ether oxygens (including phenoxy) is 1. The highest BCUT2D eigenvalue weighted by atomic mass is 16.5. The summed E-state index contributed by atoms with van der Waals surface area (Å²) in [6, 6.07) is 7.91. The molecule has 114 valence electrons. The van der Waals surface area contributed by atoms with E-state index in [1.807, 2.05) is 36.1 Å². The van der Waals surface area contributed by atoms with Crippen LogP contribution in [0.2, 0.25) is 0 Å². The minimum absolute atomic E-state index is 0.0401. The van der Waals surface area contributed by atoms with Gasteiger partial charge in [-0.05, 0) is 25.5 Å². The molecule has 1 amide bonds. The first-order chi connectivity index (χ1) is 10.2. The van der Waals surface area contributed by atoms with Crippen LogP contribution in [-0.4, -0.2) is 49.7 Å². The molecule has 5 nitrogen and oxygen atoms in total. The lowest BCUT2D eigenvalue weighted by Crippen LogP contribution is -2.51. The van der Waals surface area contributed by atoms with Gasteiger partial charge in [-0.2, -0.15) is 0 Å². The summed E-state index contributed by atoms with van der Waals surface area (Å²) in [5.41, 5.74) is 7.90. The third-order valence-electron chi connectivity index (χ3n) is 4.56. The number of rotatable bonds is 2. The number of para-hydroxylation sites is 2. The molecule has 2 saturated heterocycles. The molecule has 2 aliphatic rings. The summed E-state index contributed by atoms with van der Waals surface area (Å²) in [5, 5.41) is 0. The molecule has 0 radical (unpaired) electrons. The second-order valence-corrected chi connectivity index (χ2v) is 5.84. The van der Waals surface area contributed by atoms with E-state index in [0.717, 1.165) is 44.0 Å². The van der Waals surface area contributed by atoms with Crippen molar-refractivity contribution in [1.29, 1.82) is 0 Å². The van der Waals surface area contributed by atoms with E-state index in [9.17, 15) is 4.79 Å². The molecule has 0 aliphatic carbocycles. The number of piperazine rings is 1. The van der Waals surface area contributed by atoms with Crippen molar-refractivity contribution < 1.29 is 9.53 Å². The van der Waals surface area contributed by atoms with E-state index < -0.39 is 0 Å². The molecule has 2 unspecified atom stereocenters. The number of benzene rings is 1. The molecule has 21 heavy (non-hydrogen) atoms. The number of carbonyl (C=O) groups is 1. The average molecular weight is 289 g/mol. The van der Waals surface area contributed by atoms with Crippen LogP contribution in [0.1, 0.15) is 13.3 Å². The van der Waals surface area contributed by atoms with Crippen molar-refractivity contribution >= 4 is 17.3 Å². The summed E-state index contributed by atoms with van der Waals surface area (Å²) in [5.74, 6) is 0.291. The average Bonchev–Trinajstić information content (AvgIpc) is 2.93. The first-order valence-electron chi connectivity index (χ1n) is 7.66. The Hall–Kier alpha value is -1.75. The van der Waals surface area contributed by atoms with Crippen molar-refractivity contribution in [3.63, 3.8) is 0 Å². The van der Waals surface area contributed by atoms with Crippen molar-refractivity contribution in [2.75, 3.05) is 43.4 Å². The topological polar surface area (TPSA) is 58.8 Å². The van der Waals surface area contributed by atoms with Crippen LogP contribution in [0.15, 0.2) is 24.3 Å². The molecule has 1 aromatic carbocycles. The second kappa shape index (κ2) is 5.93. The number of amides is 1. The molecule has 2 N–H and O–H groups in total. The van der Waals surface area contributed by atoms with Gasteiger partial charge in [0.2, 0.25) is 5.91 Å². The van der Waals surface area contributed by atoms with E-state index in [-0.39, 0.29) is 17.9 Å². The van der Waals surface area contributed by atoms with Crippen molar-refractivity contribution in [2.45, 2.75) is 19.4 Å². The summed E-state index contributed by atoms with van der Waals surface area (Å²) < 4.78 is 5.51. The summed E-state index contributed by atoms with van der Waals surface area (Å²) in [6.07, 6.45) is 0.909. The monoisotopic (exact) mass is 289 g/mol. The van der Waals surface area contributed by atoms with Gasteiger partial charge in [0.1, 0.15) is 0 Å². The third-order valence-corrected chi connectivity index (χ3v) is 4.56. The number of nitrogens with zero attached hydrogens (tertiary/aromatic N) is 2. The Morgan fingerprint density at radius 3 is 2.57 bits per heavy atom. The van der Waals surface area contributed by atoms with Crippen LogP contribution in [0.5, 0.6) is 0 Å². The van der Waals surface area contributed by atoms with Crippen LogP contribution in [-0.2, 0) is 9.53 Å². The van der Waals surface area contributed by atoms with Crippen LogP contribution >= 0.6 is 0 Å². The summed E-state index contributed by atoms with van der Waals surface area (Å²) in [7, 11) is 0.